The first kappa shape index (κ1) is 33.3. The summed E-state index contributed by atoms with van der Waals surface area (Å²) < 4.78 is 115. The van der Waals surface area contributed by atoms with Crippen molar-refractivity contribution in [3.63, 3.8) is 0 Å². The molecule has 0 aliphatic carbocycles. The number of hydrogen-bond acceptors (Lipinski definition) is 6. The molecule has 0 aliphatic rings. The van der Waals surface area contributed by atoms with Gasteiger partial charge >= 0.3 is 12.4 Å². The van der Waals surface area contributed by atoms with Crippen molar-refractivity contribution < 1.29 is 53.7 Å². The van der Waals surface area contributed by atoms with Gasteiger partial charge in [-0.25, -0.2) is 8.42 Å². The SMILES string of the molecule is CC(=O)N(C)c1c(I)c(C(=O)NC(CS(=O)(=O)[O-])(C(F)(F)F)C(F)(F)F)c(I)c(N(C)C(C)=O)c1I. The Morgan fingerprint density at radius 3 is 1.42 bits per heavy atom. The molecule has 1 rings (SSSR count). The largest absolute Gasteiger partial charge is 0.748 e. The maximum absolute atomic E-state index is 13.7. The molecule has 1 aromatic carbocycles. The van der Waals surface area contributed by atoms with Gasteiger partial charge in [0.1, 0.15) is 0 Å². The van der Waals surface area contributed by atoms with E-state index in [-0.39, 0.29) is 22.1 Å². The van der Waals surface area contributed by atoms with E-state index in [0.29, 0.717) is 5.32 Å². The van der Waals surface area contributed by atoms with E-state index in [2.05, 4.69) is 0 Å². The van der Waals surface area contributed by atoms with Gasteiger partial charge in [-0.2, -0.15) is 26.3 Å². The minimum atomic E-state index is -6.46. The Hall–Kier alpha value is -0.690. The molecule has 0 radical (unpaired) electrons. The normalized spacial score (nSPS) is 12.8. The third-order valence-electron chi connectivity index (χ3n) is 4.80. The second-order valence-corrected chi connectivity index (χ2v) is 11.9. The van der Waals surface area contributed by atoms with Crippen LogP contribution in [-0.4, -0.2) is 68.4 Å². The lowest BCUT2D eigenvalue weighted by atomic mass is 9.99. The summed E-state index contributed by atoms with van der Waals surface area (Å²) >= 11 is 4.54. The van der Waals surface area contributed by atoms with Crippen molar-refractivity contribution in [3.8, 4) is 0 Å². The molecule has 1 N–H and O–H groups in total. The number of hydrogen-bond donors (Lipinski definition) is 1. The summed E-state index contributed by atoms with van der Waals surface area (Å²) in [6, 6.07) is 0. The van der Waals surface area contributed by atoms with Gasteiger partial charge in [0.15, 0.2) is 0 Å². The van der Waals surface area contributed by atoms with Crippen LogP contribution in [0.2, 0.25) is 0 Å². The molecule has 19 heteroatoms. The molecular weight excluding hydrogens is 869 g/mol. The molecule has 0 atom stereocenters. The standard InChI is InChI=1S/C17H16F6I3N3O6S/c1-6(30)28(3)12-9(24)8(10(25)13(11(12)26)29(4)7(2)31)14(32)27-15(16(18,19)20,17(21,22)23)5-36(33,34)35/h5H2,1-4H3,(H,27,32)(H,33,34,35)/p-1. The second kappa shape index (κ2) is 11.2. The monoisotopic (exact) mass is 884 g/mol. The number of nitrogens with zero attached hydrogens (tertiary/aromatic N) is 2. The molecule has 0 heterocycles. The average Bonchev–Trinajstić information content (AvgIpc) is 2.63. The van der Waals surface area contributed by atoms with E-state index in [9.17, 15) is 53.7 Å². The first-order valence-electron chi connectivity index (χ1n) is 8.99. The van der Waals surface area contributed by atoms with Crippen LogP contribution in [-0.2, 0) is 19.7 Å². The molecule has 0 fully saturated rings. The molecule has 3 amide bonds. The van der Waals surface area contributed by atoms with Crippen molar-refractivity contribution >= 4 is 107 Å². The van der Waals surface area contributed by atoms with Gasteiger partial charge in [-0.3, -0.25) is 14.4 Å². The zero-order valence-electron chi connectivity index (χ0n) is 18.4. The van der Waals surface area contributed by atoms with Crippen LogP contribution in [0.3, 0.4) is 0 Å². The molecule has 0 bridgehead atoms. The predicted octanol–water partition coefficient (Wildman–Crippen LogP) is 3.60. The molecule has 0 unspecified atom stereocenters. The number of benzene rings is 1. The van der Waals surface area contributed by atoms with Crippen LogP contribution in [0.15, 0.2) is 0 Å². The van der Waals surface area contributed by atoms with Crippen molar-refractivity contribution in [3.05, 3.63) is 16.3 Å². The van der Waals surface area contributed by atoms with Gasteiger partial charge in [0.25, 0.3) is 5.91 Å². The average molecular weight is 884 g/mol. The Labute approximate surface area is 241 Å². The van der Waals surface area contributed by atoms with E-state index in [1.54, 1.807) is 22.6 Å². The van der Waals surface area contributed by atoms with Crippen LogP contribution in [0.1, 0.15) is 24.2 Å². The van der Waals surface area contributed by atoms with Gasteiger partial charge in [-0.05, 0) is 67.8 Å². The molecule has 9 nitrogen and oxygen atoms in total. The molecule has 204 valence electrons. The number of halogens is 9. The Kier molecular flexibility index (Phi) is 10.4. The first-order valence-corrected chi connectivity index (χ1v) is 13.8. The maximum atomic E-state index is 13.7. The number of nitrogens with one attached hydrogen (secondary N) is 1. The van der Waals surface area contributed by atoms with Crippen molar-refractivity contribution in [2.75, 3.05) is 29.6 Å². The van der Waals surface area contributed by atoms with Crippen LogP contribution in [0, 0.1) is 10.7 Å². The van der Waals surface area contributed by atoms with Crippen LogP contribution in [0.25, 0.3) is 0 Å². The predicted molar refractivity (Wildman–Crippen MR) is 140 cm³/mol. The summed E-state index contributed by atoms with van der Waals surface area (Å²) in [6.07, 6.45) is -12.9. The second-order valence-electron chi connectivity index (χ2n) is 7.23. The zero-order chi connectivity index (χ0) is 28.8. The van der Waals surface area contributed by atoms with Crippen molar-refractivity contribution in [1.82, 2.24) is 5.32 Å². The zero-order valence-corrected chi connectivity index (χ0v) is 25.6. The number of carbonyl (C=O) groups is 3. The Balaban J connectivity index is 4.12. The summed E-state index contributed by atoms with van der Waals surface area (Å²) in [5, 5.41) is 0.688. The highest BCUT2D eigenvalue weighted by Crippen LogP contribution is 2.46. The van der Waals surface area contributed by atoms with E-state index in [4.69, 9.17) is 0 Å². The molecule has 0 aliphatic heterocycles. The third kappa shape index (κ3) is 6.65. The lowest BCUT2D eigenvalue weighted by molar-refractivity contribution is -0.296. The van der Waals surface area contributed by atoms with Gasteiger partial charge in [-0.15, -0.1) is 0 Å². The fourth-order valence-electron chi connectivity index (χ4n) is 2.76. The topological polar surface area (TPSA) is 127 Å². The fourth-order valence-corrected chi connectivity index (χ4v) is 8.80. The number of alkyl halides is 6. The number of carbonyl (C=O) groups excluding carboxylic acids is 3. The fraction of sp³-hybridized carbons (Fsp3) is 0.471. The smallest absolute Gasteiger partial charge is 0.421 e. The van der Waals surface area contributed by atoms with Gasteiger partial charge in [0.2, 0.25) is 17.4 Å². The van der Waals surface area contributed by atoms with Crippen molar-refractivity contribution in [2.45, 2.75) is 31.7 Å². The summed E-state index contributed by atoms with van der Waals surface area (Å²) in [6.45, 7) is 2.19. The first-order chi connectivity index (χ1) is 15.9. The highest BCUT2D eigenvalue weighted by molar-refractivity contribution is 14.1. The molecule has 0 aromatic heterocycles. The van der Waals surface area contributed by atoms with Crippen molar-refractivity contribution in [1.29, 1.82) is 0 Å². The molecule has 1 aromatic rings. The Morgan fingerprint density at radius 1 is 0.833 bits per heavy atom. The lowest BCUT2D eigenvalue weighted by Crippen LogP contribution is -2.70. The highest BCUT2D eigenvalue weighted by Gasteiger charge is 2.72. The highest BCUT2D eigenvalue weighted by atomic mass is 127. The van der Waals surface area contributed by atoms with E-state index in [0.717, 1.165) is 23.6 Å². The van der Waals surface area contributed by atoms with E-state index in [1.165, 1.54) is 59.3 Å². The van der Waals surface area contributed by atoms with E-state index in [1.807, 2.05) is 0 Å². The number of anilines is 2. The van der Waals surface area contributed by atoms with Crippen LogP contribution in [0.4, 0.5) is 37.7 Å². The summed E-state index contributed by atoms with van der Waals surface area (Å²) in [5.74, 6) is -6.37. The van der Waals surface area contributed by atoms with Gasteiger partial charge in [-0.1, -0.05) is 0 Å². The van der Waals surface area contributed by atoms with Gasteiger partial charge < -0.3 is 19.7 Å². The summed E-state index contributed by atoms with van der Waals surface area (Å²) in [7, 11) is -3.75. The van der Waals surface area contributed by atoms with E-state index >= 15 is 0 Å². The van der Waals surface area contributed by atoms with Crippen LogP contribution >= 0.6 is 67.8 Å². The molecule has 0 spiro atoms. The maximum Gasteiger partial charge on any atom is 0.421 e. The minimum Gasteiger partial charge on any atom is -0.748 e. The van der Waals surface area contributed by atoms with Crippen LogP contribution in [0.5, 0.6) is 0 Å². The number of rotatable bonds is 6. The molecular formula is C17H15F6I3N3O6S-. The van der Waals surface area contributed by atoms with Gasteiger partial charge in [0.05, 0.1) is 43.5 Å². The quantitative estimate of drug-likeness (QED) is 0.265. The van der Waals surface area contributed by atoms with Crippen LogP contribution < -0.4 is 15.1 Å². The number of amides is 3. The molecule has 36 heavy (non-hydrogen) atoms. The van der Waals surface area contributed by atoms with Crippen molar-refractivity contribution in [2.24, 2.45) is 0 Å². The lowest BCUT2D eigenvalue weighted by Gasteiger charge is -2.38. The Morgan fingerprint density at radius 2 is 1.17 bits per heavy atom. The summed E-state index contributed by atoms with van der Waals surface area (Å²) in [4.78, 5) is 39.0. The molecule has 0 saturated carbocycles. The van der Waals surface area contributed by atoms with Gasteiger partial charge in [0, 0.05) is 27.9 Å². The summed E-state index contributed by atoms with van der Waals surface area (Å²) in [5.41, 5.74) is -6.49. The Bertz CT molecular complexity index is 1140. The van der Waals surface area contributed by atoms with E-state index < -0.39 is 57.0 Å². The minimum absolute atomic E-state index is 0.113. The molecule has 0 saturated heterocycles. The third-order valence-corrected chi connectivity index (χ3v) is 8.71.